The summed E-state index contributed by atoms with van der Waals surface area (Å²) in [7, 11) is 0. The van der Waals surface area contributed by atoms with Crippen LogP contribution in [0.3, 0.4) is 0 Å². The van der Waals surface area contributed by atoms with Crippen LogP contribution in [0.1, 0.15) is 11.8 Å². The summed E-state index contributed by atoms with van der Waals surface area (Å²) in [4.78, 5) is 18.0. The molecule has 0 bridgehead atoms. The highest BCUT2D eigenvalue weighted by Gasteiger charge is 2.19. The molecule has 0 spiro atoms. The number of hydrogen-bond donors (Lipinski definition) is 1. The summed E-state index contributed by atoms with van der Waals surface area (Å²) in [5.74, 6) is 1.87. The first-order valence-electron chi connectivity index (χ1n) is 11.2. The Morgan fingerprint density at radius 3 is 2.77 bits per heavy atom. The zero-order valence-electron chi connectivity index (χ0n) is 19.1. The Kier molecular flexibility index (Phi) is 6.92. The Labute approximate surface area is 206 Å². The summed E-state index contributed by atoms with van der Waals surface area (Å²) in [5.41, 5.74) is 2.27. The second kappa shape index (κ2) is 10.6. The van der Waals surface area contributed by atoms with E-state index in [1.165, 1.54) is 0 Å². The van der Waals surface area contributed by atoms with Crippen molar-refractivity contribution in [1.82, 2.24) is 14.8 Å². The van der Waals surface area contributed by atoms with Crippen LogP contribution in [-0.2, 0) is 16.0 Å². The fraction of sp³-hybridized carbons (Fsp3) is 0.240. The molecule has 2 aromatic carbocycles. The van der Waals surface area contributed by atoms with E-state index in [9.17, 15) is 4.79 Å². The highest BCUT2D eigenvalue weighted by Crippen LogP contribution is 2.36. The van der Waals surface area contributed by atoms with Crippen LogP contribution in [0.25, 0.3) is 17.1 Å². The van der Waals surface area contributed by atoms with Gasteiger partial charge >= 0.3 is 6.01 Å². The molecule has 0 saturated heterocycles. The first-order chi connectivity index (χ1) is 17.2. The van der Waals surface area contributed by atoms with Crippen molar-refractivity contribution in [3.63, 3.8) is 0 Å². The Hall–Kier alpha value is -3.89. The molecule has 3 heterocycles. The predicted molar refractivity (Wildman–Crippen MR) is 132 cm³/mol. The van der Waals surface area contributed by atoms with E-state index in [4.69, 9.17) is 18.9 Å². The predicted octanol–water partition coefficient (Wildman–Crippen LogP) is 4.32. The topological polar surface area (TPSA) is 96.7 Å². The third kappa shape index (κ3) is 5.44. The fourth-order valence-corrected chi connectivity index (χ4v) is 4.26. The highest BCUT2D eigenvalue weighted by molar-refractivity contribution is 7.10. The minimum Gasteiger partial charge on any atom is -0.460 e. The number of benzene rings is 2. The maximum absolute atomic E-state index is 12.3. The molecule has 1 amide bonds. The monoisotopic (exact) mass is 492 g/mol. The minimum absolute atomic E-state index is 0.0630. The molecular weight excluding hydrogens is 468 g/mol. The van der Waals surface area contributed by atoms with Crippen LogP contribution in [0.2, 0.25) is 0 Å². The summed E-state index contributed by atoms with van der Waals surface area (Å²) in [5, 5.41) is 9.45. The Balaban J connectivity index is 1.38. The molecule has 2 aromatic heterocycles. The Bertz CT molecular complexity index is 1290. The summed E-state index contributed by atoms with van der Waals surface area (Å²) in [6.45, 7) is 3.53. The van der Waals surface area contributed by atoms with E-state index in [0.717, 1.165) is 16.1 Å². The maximum Gasteiger partial charge on any atom is 0.336 e. The summed E-state index contributed by atoms with van der Waals surface area (Å²) < 4.78 is 23.7. The second-order valence-corrected chi connectivity index (χ2v) is 8.63. The number of nitrogens with one attached hydrogen (secondary N) is 1. The number of amides is 1. The van der Waals surface area contributed by atoms with Crippen molar-refractivity contribution in [3.05, 3.63) is 64.9 Å². The number of nitrogens with zero attached hydrogens (tertiary/aromatic N) is 3. The van der Waals surface area contributed by atoms with Crippen LogP contribution < -0.4 is 19.5 Å². The number of carbonyl (C=O) groups is 1. The molecule has 1 aliphatic rings. The molecule has 4 aromatic rings. The van der Waals surface area contributed by atoms with Crippen molar-refractivity contribution < 1.29 is 23.7 Å². The SMILES string of the molecule is CCOCCOc1nc(-c2ccc3c(c2)OCO3)n(-c2ccc(NC(=O)Cc3cccs3)cc2)n1. The number of aromatic nitrogens is 3. The van der Waals surface area contributed by atoms with Gasteiger partial charge in [0, 0.05) is 22.7 Å². The molecular formula is C25H24N4O5S. The third-order valence-electron chi connectivity index (χ3n) is 5.19. The van der Waals surface area contributed by atoms with Gasteiger partial charge in [0.25, 0.3) is 0 Å². The van der Waals surface area contributed by atoms with Crippen molar-refractivity contribution in [2.24, 2.45) is 0 Å². The number of carbonyl (C=O) groups excluding carboxylic acids is 1. The van der Waals surface area contributed by atoms with Crippen LogP contribution in [-0.4, -0.2) is 47.3 Å². The number of fused-ring (bicyclic) bond motifs is 1. The van der Waals surface area contributed by atoms with E-state index >= 15 is 0 Å². The van der Waals surface area contributed by atoms with E-state index in [1.54, 1.807) is 16.0 Å². The number of rotatable bonds is 10. The zero-order chi connectivity index (χ0) is 24.0. The molecule has 10 heteroatoms. The van der Waals surface area contributed by atoms with Gasteiger partial charge < -0.3 is 24.3 Å². The normalized spacial score (nSPS) is 12.0. The quantitative estimate of drug-likeness (QED) is 0.329. The highest BCUT2D eigenvalue weighted by atomic mass is 32.1. The number of thiophene rings is 1. The Morgan fingerprint density at radius 1 is 1.11 bits per heavy atom. The zero-order valence-corrected chi connectivity index (χ0v) is 19.9. The second-order valence-electron chi connectivity index (χ2n) is 7.59. The van der Waals surface area contributed by atoms with Gasteiger partial charge in [-0.1, -0.05) is 6.07 Å². The lowest BCUT2D eigenvalue weighted by atomic mass is 10.2. The molecule has 1 aliphatic heterocycles. The molecule has 1 N–H and O–H groups in total. The lowest BCUT2D eigenvalue weighted by Crippen LogP contribution is -2.13. The summed E-state index contributed by atoms with van der Waals surface area (Å²) >= 11 is 1.56. The molecule has 35 heavy (non-hydrogen) atoms. The van der Waals surface area contributed by atoms with Gasteiger partial charge in [-0.25, -0.2) is 4.68 Å². The molecule has 0 unspecified atom stereocenters. The molecule has 5 rings (SSSR count). The van der Waals surface area contributed by atoms with Crippen LogP contribution >= 0.6 is 11.3 Å². The van der Waals surface area contributed by atoms with Crippen molar-refractivity contribution >= 4 is 22.9 Å². The van der Waals surface area contributed by atoms with Gasteiger partial charge in [-0.3, -0.25) is 4.79 Å². The summed E-state index contributed by atoms with van der Waals surface area (Å²) in [6, 6.07) is 17.2. The van der Waals surface area contributed by atoms with Crippen LogP contribution in [0.4, 0.5) is 5.69 Å². The molecule has 0 radical (unpaired) electrons. The average Bonchev–Trinajstić information content (AvgIpc) is 3.63. The minimum atomic E-state index is -0.0630. The number of ether oxygens (including phenoxy) is 4. The van der Waals surface area contributed by atoms with Crippen LogP contribution in [0.5, 0.6) is 17.5 Å². The van der Waals surface area contributed by atoms with E-state index in [1.807, 2.05) is 66.9 Å². The molecule has 0 saturated carbocycles. The molecule has 9 nitrogen and oxygen atoms in total. The first-order valence-corrected chi connectivity index (χ1v) is 12.1. The van der Waals surface area contributed by atoms with Crippen molar-refractivity contribution in [1.29, 1.82) is 0 Å². The fourth-order valence-electron chi connectivity index (χ4n) is 3.56. The van der Waals surface area contributed by atoms with Gasteiger partial charge in [-0.15, -0.1) is 16.4 Å². The van der Waals surface area contributed by atoms with E-state index < -0.39 is 0 Å². The van der Waals surface area contributed by atoms with E-state index in [2.05, 4.69) is 15.4 Å². The van der Waals surface area contributed by atoms with Crippen molar-refractivity contribution in [2.75, 3.05) is 31.9 Å². The number of anilines is 1. The van der Waals surface area contributed by atoms with Crippen molar-refractivity contribution in [2.45, 2.75) is 13.3 Å². The number of hydrogen-bond acceptors (Lipinski definition) is 8. The first kappa shape index (κ1) is 22.9. The molecule has 180 valence electrons. The largest absolute Gasteiger partial charge is 0.460 e. The van der Waals surface area contributed by atoms with Gasteiger partial charge in [-0.2, -0.15) is 4.98 Å². The standard InChI is InChI=1S/C25H24N4O5S/c1-2-31-11-12-32-25-27-24(17-5-10-21-22(14-17)34-16-33-21)29(28-25)19-8-6-18(7-9-19)26-23(30)15-20-4-3-13-35-20/h3-10,13-14H,2,11-12,15-16H2,1H3,(H,26,30). The smallest absolute Gasteiger partial charge is 0.336 e. The van der Waals surface area contributed by atoms with Gasteiger partial charge in [-0.05, 0) is 60.8 Å². The maximum atomic E-state index is 12.3. The van der Waals surface area contributed by atoms with Gasteiger partial charge in [0.15, 0.2) is 17.3 Å². The van der Waals surface area contributed by atoms with E-state index in [-0.39, 0.29) is 18.7 Å². The van der Waals surface area contributed by atoms with E-state index in [0.29, 0.717) is 49.3 Å². The van der Waals surface area contributed by atoms with Gasteiger partial charge in [0.05, 0.1) is 18.7 Å². The molecule has 0 atom stereocenters. The van der Waals surface area contributed by atoms with Crippen LogP contribution in [0, 0.1) is 0 Å². The Morgan fingerprint density at radius 2 is 1.97 bits per heavy atom. The van der Waals surface area contributed by atoms with Gasteiger partial charge in [0.2, 0.25) is 12.7 Å². The van der Waals surface area contributed by atoms with Crippen LogP contribution in [0.15, 0.2) is 60.0 Å². The van der Waals surface area contributed by atoms with Gasteiger partial charge in [0.1, 0.15) is 6.61 Å². The lowest BCUT2D eigenvalue weighted by Gasteiger charge is -2.09. The molecule has 0 aliphatic carbocycles. The molecule has 0 fully saturated rings. The lowest BCUT2D eigenvalue weighted by molar-refractivity contribution is -0.115. The third-order valence-corrected chi connectivity index (χ3v) is 6.07. The average molecular weight is 493 g/mol. The van der Waals surface area contributed by atoms with Crippen molar-refractivity contribution in [3.8, 4) is 34.6 Å². The summed E-state index contributed by atoms with van der Waals surface area (Å²) in [6.07, 6.45) is 0.346.